The molecule has 338 valence electrons. The zero-order valence-corrected chi connectivity index (χ0v) is 45.6. The number of hydrogen-bond acceptors (Lipinski definition) is 0. The van der Waals surface area contributed by atoms with Crippen molar-refractivity contribution in [3.05, 3.63) is 243 Å². The number of hydrogen-bond donors (Lipinski definition) is 0. The Bertz CT molecular complexity index is 2410. The highest BCUT2D eigenvalue weighted by Crippen LogP contribution is 3.10. The third-order valence-electron chi connectivity index (χ3n) is 12.1. The van der Waals surface area contributed by atoms with Crippen molar-refractivity contribution in [3.63, 3.8) is 0 Å². The van der Waals surface area contributed by atoms with Crippen LogP contribution in [0.15, 0.2) is 243 Å². The molecule has 8 atom stereocenters. The van der Waals surface area contributed by atoms with Gasteiger partial charge in [-0.15, -0.1) is 0 Å². The predicted molar refractivity (Wildman–Crippen MR) is 315 cm³/mol. The fraction of sp³-hybridized carbons (Fsp3) is 0.186. The second kappa shape index (κ2) is 26.4. The van der Waals surface area contributed by atoms with E-state index >= 15 is 0 Å². The maximum atomic E-state index is 2.57. The van der Waals surface area contributed by atoms with E-state index in [1.54, 1.807) is 42.4 Å². The minimum atomic E-state index is -0.798. The van der Waals surface area contributed by atoms with Crippen LogP contribution < -0.4 is 42.4 Å². The highest BCUT2D eigenvalue weighted by molar-refractivity contribution is 9.03. The summed E-state index contributed by atoms with van der Waals surface area (Å²) < 4.78 is 0. The van der Waals surface area contributed by atoms with Gasteiger partial charge in [-0.1, -0.05) is 288 Å². The molecule has 1 aliphatic heterocycles. The van der Waals surface area contributed by atoms with Gasteiger partial charge >= 0.3 is 0 Å². The van der Waals surface area contributed by atoms with Crippen LogP contribution in [-0.4, -0.2) is 12.3 Å². The summed E-state index contributed by atoms with van der Waals surface area (Å²) in [6.45, 7) is 0. The molecule has 8 aromatic carbocycles. The van der Waals surface area contributed by atoms with Gasteiger partial charge in [0.25, 0.3) is 0 Å². The molecule has 0 radical (unpaired) electrons. The molecule has 1 aliphatic rings. The smallest absolute Gasteiger partial charge is 0.00564 e. The first-order valence-corrected chi connectivity index (χ1v) is 40.1. The third-order valence-corrected chi connectivity index (χ3v) is 68.0. The van der Waals surface area contributed by atoms with Crippen molar-refractivity contribution in [2.45, 2.75) is 57.8 Å². The van der Waals surface area contributed by atoms with Crippen LogP contribution in [-0.2, 0) is 0 Å². The van der Waals surface area contributed by atoms with Gasteiger partial charge in [0, 0.05) is 0 Å². The molecule has 8 heteroatoms. The maximum absolute atomic E-state index is 2.57. The zero-order chi connectivity index (χ0) is 45.3. The molecule has 8 aromatic rings. The summed E-state index contributed by atoms with van der Waals surface area (Å²) in [6, 6.07) is 96.5. The molecular formula is C59H62P8. The summed E-state index contributed by atoms with van der Waals surface area (Å²) in [7, 11) is -5.54. The van der Waals surface area contributed by atoms with Crippen LogP contribution in [0.2, 0.25) is 0 Å². The monoisotopic (exact) mass is 1020 g/mol. The molecule has 0 N–H and O–H groups in total. The van der Waals surface area contributed by atoms with E-state index in [4.69, 9.17) is 0 Å². The minimum absolute atomic E-state index is 0.540. The second-order valence-electron chi connectivity index (χ2n) is 16.8. The first-order valence-electron chi connectivity index (χ1n) is 24.1. The Morgan fingerprint density at radius 3 is 0.552 bits per heavy atom. The molecule has 0 aliphatic carbocycles. The third kappa shape index (κ3) is 12.9. The lowest BCUT2D eigenvalue weighted by molar-refractivity contribution is 0.574. The highest BCUT2D eigenvalue weighted by Gasteiger charge is 2.48. The van der Waals surface area contributed by atoms with Crippen molar-refractivity contribution < 1.29 is 0 Å². The van der Waals surface area contributed by atoms with Gasteiger partial charge < -0.3 is 0 Å². The van der Waals surface area contributed by atoms with Crippen molar-refractivity contribution in [1.29, 1.82) is 0 Å². The van der Waals surface area contributed by atoms with E-state index in [0.29, 0.717) is 0 Å². The molecule has 8 unspecified atom stereocenters. The van der Waals surface area contributed by atoms with E-state index in [1.165, 1.54) is 70.1 Å². The van der Waals surface area contributed by atoms with E-state index in [0.717, 1.165) is 0 Å². The van der Waals surface area contributed by atoms with E-state index in [2.05, 4.69) is 243 Å². The topological polar surface area (TPSA) is 0 Å². The van der Waals surface area contributed by atoms with Crippen LogP contribution in [0.4, 0.5) is 0 Å². The summed E-state index contributed by atoms with van der Waals surface area (Å²) in [6.07, 6.45) is 14.7. The summed E-state index contributed by atoms with van der Waals surface area (Å²) in [5, 5.41) is 12.8. The molecule has 1 fully saturated rings. The quantitative estimate of drug-likeness (QED) is 0.133. The fourth-order valence-electron chi connectivity index (χ4n) is 8.89. The molecule has 0 spiro atoms. The van der Waals surface area contributed by atoms with Crippen molar-refractivity contribution in [2.75, 3.05) is 12.3 Å². The minimum Gasteiger partial charge on any atom is -0.0622 e. The average molecular weight is 1020 g/mol. The average Bonchev–Trinajstić information content (AvgIpc) is 3.41. The summed E-state index contributed by atoms with van der Waals surface area (Å²) in [4.78, 5) is 0. The Morgan fingerprint density at radius 2 is 0.328 bits per heavy atom. The van der Waals surface area contributed by atoms with Gasteiger partial charge in [0.15, 0.2) is 0 Å². The Morgan fingerprint density at radius 1 is 0.164 bits per heavy atom. The van der Waals surface area contributed by atoms with Crippen LogP contribution in [0.3, 0.4) is 0 Å². The molecular weight excluding hydrogens is 956 g/mol. The molecule has 0 bridgehead atoms. The van der Waals surface area contributed by atoms with Crippen LogP contribution in [0.25, 0.3) is 0 Å². The number of benzene rings is 8. The van der Waals surface area contributed by atoms with E-state index in [9.17, 15) is 0 Å². The van der Waals surface area contributed by atoms with Gasteiger partial charge in [-0.2, -0.15) is 0 Å². The standard InChI is InChI=1S/C59H62P8/c1-2-4-6-32-50-60(52-34-16-8-17-35-52)62(54-38-20-10-21-39-54)64(56-42-24-12-25-43-56)66(58-46-28-14-29-47-58)67(59-48-30-15-31-49-59)65(57-44-26-13-27-45-57)63(55-40-22-11-23-41-55)61(51-33-7-5-3-1)53-36-18-9-19-37-53/h8-31,34-49H,1-7,32-33,50-51H2. The molecule has 1 saturated heterocycles. The molecule has 0 saturated carbocycles. The largest absolute Gasteiger partial charge is 0.0622 e. The lowest BCUT2D eigenvalue weighted by atomic mass is 10.1. The molecule has 1 heterocycles. The highest BCUT2D eigenvalue weighted by atomic mass is 32.9. The Hall–Kier alpha value is -2.80. The first kappa shape index (κ1) is 49.2. The maximum Gasteiger partial charge on any atom is -0.00564 e. The molecule has 9 rings (SSSR count). The van der Waals surface area contributed by atoms with Crippen LogP contribution in [0.5, 0.6) is 0 Å². The first-order chi connectivity index (χ1) is 33.3. The summed E-state index contributed by atoms with van der Waals surface area (Å²) in [5.41, 5.74) is 0. The summed E-state index contributed by atoms with van der Waals surface area (Å²) >= 11 is 0. The van der Waals surface area contributed by atoms with E-state index in [-0.39, 0.29) is 0 Å². The Labute approximate surface area is 411 Å². The Balaban J connectivity index is 1.39. The summed E-state index contributed by atoms with van der Waals surface area (Å²) in [5.74, 6) is 0. The predicted octanol–water partition coefficient (Wildman–Crippen LogP) is 17.4. The molecule has 67 heavy (non-hydrogen) atoms. The molecule has 0 nitrogen and oxygen atoms in total. The van der Waals surface area contributed by atoms with Crippen molar-refractivity contribution >= 4 is 101 Å². The van der Waals surface area contributed by atoms with Gasteiger partial charge in [-0.3, -0.25) is 0 Å². The van der Waals surface area contributed by atoms with Crippen LogP contribution in [0, 0.1) is 0 Å². The number of rotatable bonds is 8. The normalized spacial score (nSPS) is 23.8. The Kier molecular flexibility index (Phi) is 19.4. The van der Waals surface area contributed by atoms with E-state index < -0.39 is 59.0 Å². The lowest BCUT2D eigenvalue weighted by Gasteiger charge is -2.48. The fourth-order valence-corrected chi connectivity index (χ4v) is 90.6. The molecule has 0 amide bonds. The van der Waals surface area contributed by atoms with Crippen LogP contribution >= 0.6 is 59.0 Å². The van der Waals surface area contributed by atoms with Gasteiger partial charge in [0.05, 0.1) is 0 Å². The van der Waals surface area contributed by atoms with Crippen molar-refractivity contribution in [3.8, 4) is 0 Å². The lowest BCUT2D eigenvalue weighted by Crippen LogP contribution is -2.16. The molecule has 0 aromatic heterocycles. The van der Waals surface area contributed by atoms with Crippen molar-refractivity contribution in [1.82, 2.24) is 0 Å². The van der Waals surface area contributed by atoms with Gasteiger partial charge in [-0.25, -0.2) is 0 Å². The van der Waals surface area contributed by atoms with Gasteiger partial charge in [0.2, 0.25) is 0 Å². The zero-order valence-electron chi connectivity index (χ0n) is 38.4. The van der Waals surface area contributed by atoms with Crippen molar-refractivity contribution in [2.24, 2.45) is 0 Å². The van der Waals surface area contributed by atoms with Gasteiger partial charge in [-0.05, 0) is 127 Å². The van der Waals surface area contributed by atoms with E-state index in [1.807, 2.05) is 0 Å². The second-order valence-corrected chi connectivity index (χ2v) is 49.9. The SMILES string of the molecule is c1ccc(P2CCCCCCCCCCCP(c3ccccc3)P(c3ccccc3)P(c3ccccc3)P(c3ccccc3)P(c3ccccc3)P(c3ccccc3)P2c2ccccc2)cc1. The van der Waals surface area contributed by atoms with Crippen LogP contribution in [0.1, 0.15) is 57.8 Å². The van der Waals surface area contributed by atoms with Gasteiger partial charge in [0.1, 0.15) is 0 Å².